The number of amides is 3. The van der Waals surface area contributed by atoms with Gasteiger partial charge < -0.3 is 37.3 Å². The predicted octanol–water partition coefficient (Wildman–Crippen LogP) is 3.88. The molecule has 3 heterocycles. The number of aromatic nitrogens is 2. The van der Waals surface area contributed by atoms with E-state index >= 15 is 0 Å². The number of nitrogens with two attached hydrogens (primary N) is 2. The number of likely N-dealkylation sites (N-methyl/N-ethyl adjacent to an activating group) is 1. The van der Waals surface area contributed by atoms with Gasteiger partial charge in [-0.3, -0.25) is 14.4 Å². The van der Waals surface area contributed by atoms with E-state index in [1.54, 1.807) is 13.2 Å². The molecule has 3 atom stereocenters. The monoisotopic (exact) mass is 704 g/mol. The summed E-state index contributed by atoms with van der Waals surface area (Å²) in [6.45, 7) is 1.43. The van der Waals surface area contributed by atoms with Gasteiger partial charge in [0.05, 0.1) is 11.1 Å². The standard InChI is InChI=1S/C36H45ClN8O3S/c1-45-31(19-25-22-41-28-13-3-2-11-26(25)28)34(47)43-20-23-9-6-12-27(37)32(23)49-35-24(10-8-18-40-35)21-42-29(15-7-17-39)33(46)44-30(36(45)48)14-4-5-16-38/h2-3,6,8-13,18,22,29-31,41-42H,4-5,7,14-17,19-21,38-39H2,1H3,(H,43,47)(H,44,46)/t29-,30-,31-/m0/s1. The summed E-state index contributed by atoms with van der Waals surface area (Å²) in [6, 6.07) is 14.9. The minimum atomic E-state index is -0.875. The fraction of sp³-hybridized carbons (Fsp3) is 0.389. The quantitative estimate of drug-likeness (QED) is 0.143. The number of benzene rings is 2. The molecule has 1 aliphatic heterocycles. The van der Waals surface area contributed by atoms with Gasteiger partial charge in [-0.05, 0) is 80.1 Å². The Bertz CT molecular complexity index is 1750. The number of aromatic amines is 1. The van der Waals surface area contributed by atoms with Gasteiger partial charge in [-0.25, -0.2) is 4.98 Å². The van der Waals surface area contributed by atoms with Crippen molar-refractivity contribution in [1.29, 1.82) is 0 Å². The Kier molecular flexibility index (Phi) is 13.1. The Morgan fingerprint density at radius 3 is 2.49 bits per heavy atom. The molecule has 0 unspecified atom stereocenters. The zero-order chi connectivity index (χ0) is 34.8. The maximum Gasteiger partial charge on any atom is 0.245 e. The van der Waals surface area contributed by atoms with Crippen molar-refractivity contribution < 1.29 is 14.4 Å². The van der Waals surface area contributed by atoms with Gasteiger partial charge in [0.25, 0.3) is 0 Å². The molecule has 13 heteroatoms. The van der Waals surface area contributed by atoms with E-state index in [9.17, 15) is 14.4 Å². The lowest BCUT2D eigenvalue weighted by molar-refractivity contribution is -0.142. The molecule has 0 fully saturated rings. The molecular weight excluding hydrogens is 660 g/mol. The van der Waals surface area contributed by atoms with Crippen molar-refractivity contribution in [2.24, 2.45) is 11.5 Å². The lowest BCUT2D eigenvalue weighted by Crippen LogP contribution is -2.57. The van der Waals surface area contributed by atoms with Crippen LogP contribution in [0.2, 0.25) is 5.02 Å². The fourth-order valence-corrected chi connectivity index (χ4v) is 7.40. The Hall–Kier alpha value is -3.94. The number of pyridine rings is 1. The number of fused-ring (bicyclic) bond motifs is 3. The van der Waals surface area contributed by atoms with Crippen molar-refractivity contribution in [3.63, 3.8) is 0 Å². The number of hydrogen-bond acceptors (Lipinski definition) is 8. The summed E-state index contributed by atoms with van der Waals surface area (Å²) in [5.74, 6) is -0.975. The highest BCUT2D eigenvalue weighted by Crippen LogP contribution is 2.37. The number of nitrogens with zero attached hydrogens (tertiary/aromatic N) is 2. The Morgan fingerprint density at radius 1 is 0.898 bits per heavy atom. The molecule has 260 valence electrons. The number of carbonyl (C=O) groups is 3. The normalized spacial score (nSPS) is 19.6. The number of carbonyl (C=O) groups excluding carboxylic acids is 3. The first-order valence-corrected chi connectivity index (χ1v) is 17.9. The topological polar surface area (TPSA) is 171 Å². The van der Waals surface area contributed by atoms with E-state index in [2.05, 4.69) is 25.9 Å². The maximum absolute atomic E-state index is 14.3. The maximum atomic E-state index is 14.3. The smallest absolute Gasteiger partial charge is 0.245 e. The molecule has 11 nitrogen and oxygen atoms in total. The SMILES string of the molecule is CN1C(=O)[C@H](CCCCN)NC(=O)[C@H](CCCN)NCc2cccnc2Sc2c(Cl)cccc2CNC(=O)[C@@H]1Cc1c[nH]c2ccccc12. The van der Waals surface area contributed by atoms with Crippen molar-refractivity contribution in [2.75, 3.05) is 20.1 Å². The Labute approximate surface area is 296 Å². The van der Waals surface area contributed by atoms with Crippen LogP contribution in [0.4, 0.5) is 0 Å². The summed E-state index contributed by atoms with van der Waals surface area (Å²) in [4.78, 5) is 52.6. The highest BCUT2D eigenvalue weighted by atomic mass is 35.5. The van der Waals surface area contributed by atoms with E-state index in [1.807, 2.05) is 60.8 Å². The van der Waals surface area contributed by atoms with Crippen LogP contribution in [-0.2, 0) is 33.9 Å². The molecular formula is C36H45ClN8O3S. The van der Waals surface area contributed by atoms with Crippen LogP contribution >= 0.6 is 23.4 Å². The molecule has 0 bridgehead atoms. The lowest BCUT2D eigenvalue weighted by atomic mass is 10.0. The van der Waals surface area contributed by atoms with E-state index in [4.69, 9.17) is 23.1 Å². The van der Waals surface area contributed by atoms with E-state index < -0.39 is 18.1 Å². The van der Waals surface area contributed by atoms with Gasteiger partial charge in [0.15, 0.2) is 0 Å². The van der Waals surface area contributed by atoms with E-state index in [0.29, 0.717) is 56.8 Å². The lowest BCUT2D eigenvalue weighted by Gasteiger charge is -2.32. The minimum absolute atomic E-state index is 0.187. The van der Waals surface area contributed by atoms with Crippen molar-refractivity contribution in [2.45, 2.75) is 79.7 Å². The number of hydrogen-bond donors (Lipinski definition) is 6. The number of halogens is 1. The van der Waals surface area contributed by atoms with Gasteiger partial charge in [-0.15, -0.1) is 0 Å². The largest absolute Gasteiger partial charge is 0.361 e. The first-order valence-electron chi connectivity index (χ1n) is 16.7. The fourth-order valence-electron chi connectivity index (χ4n) is 6.07. The molecule has 1 aliphatic rings. The molecule has 8 N–H and O–H groups in total. The van der Waals surface area contributed by atoms with Gasteiger partial charge in [0, 0.05) is 54.8 Å². The van der Waals surface area contributed by atoms with Crippen LogP contribution in [0.3, 0.4) is 0 Å². The third kappa shape index (κ3) is 9.20. The van der Waals surface area contributed by atoms with Crippen LogP contribution in [0.1, 0.15) is 48.8 Å². The number of nitrogens with one attached hydrogen (secondary N) is 4. The van der Waals surface area contributed by atoms with Gasteiger partial charge >= 0.3 is 0 Å². The zero-order valence-corrected chi connectivity index (χ0v) is 29.3. The predicted molar refractivity (Wildman–Crippen MR) is 194 cm³/mol. The van der Waals surface area contributed by atoms with Crippen LogP contribution < -0.4 is 27.4 Å². The van der Waals surface area contributed by atoms with Crippen LogP contribution in [0.15, 0.2) is 76.9 Å². The first kappa shape index (κ1) is 36.3. The summed E-state index contributed by atoms with van der Waals surface area (Å²) in [7, 11) is 1.63. The zero-order valence-electron chi connectivity index (χ0n) is 27.7. The molecule has 2 aromatic carbocycles. The third-order valence-corrected chi connectivity index (χ3v) is 10.5. The van der Waals surface area contributed by atoms with Crippen LogP contribution in [0.25, 0.3) is 10.9 Å². The second-order valence-electron chi connectivity index (χ2n) is 12.3. The van der Waals surface area contributed by atoms with Crippen molar-refractivity contribution >= 4 is 52.0 Å². The van der Waals surface area contributed by atoms with Crippen molar-refractivity contribution in [3.05, 3.63) is 88.7 Å². The molecule has 0 saturated heterocycles. The summed E-state index contributed by atoms with van der Waals surface area (Å²) in [5, 5.41) is 11.7. The van der Waals surface area contributed by atoms with E-state index in [0.717, 1.165) is 37.5 Å². The third-order valence-electron chi connectivity index (χ3n) is 8.87. The van der Waals surface area contributed by atoms with Gasteiger partial charge in [0.1, 0.15) is 17.1 Å². The van der Waals surface area contributed by atoms with E-state index in [1.165, 1.54) is 16.7 Å². The molecule has 2 aromatic heterocycles. The molecule has 0 radical (unpaired) electrons. The molecule has 0 spiro atoms. The van der Waals surface area contributed by atoms with Gasteiger partial charge in [-0.2, -0.15) is 0 Å². The second kappa shape index (κ2) is 17.6. The van der Waals surface area contributed by atoms with Crippen LogP contribution in [-0.4, -0.2) is 70.9 Å². The number of rotatable bonds is 9. The molecule has 3 amide bonds. The minimum Gasteiger partial charge on any atom is -0.361 e. The van der Waals surface area contributed by atoms with Gasteiger partial charge in [-0.1, -0.05) is 59.8 Å². The summed E-state index contributed by atoms with van der Waals surface area (Å²) in [5.41, 5.74) is 15.2. The second-order valence-corrected chi connectivity index (χ2v) is 13.7. The number of para-hydroxylation sites is 1. The average Bonchev–Trinajstić information content (AvgIpc) is 3.52. The molecule has 0 aliphatic carbocycles. The summed E-state index contributed by atoms with van der Waals surface area (Å²) in [6.07, 6.45) is 6.66. The average molecular weight is 705 g/mol. The molecule has 49 heavy (non-hydrogen) atoms. The summed E-state index contributed by atoms with van der Waals surface area (Å²) < 4.78 is 0. The highest BCUT2D eigenvalue weighted by Gasteiger charge is 2.34. The Morgan fingerprint density at radius 2 is 1.67 bits per heavy atom. The summed E-state index contributed by atoms with van der Waals surface area (Å²) >= 11 is 8.16. The number of unbranched alkanes of at least 4 members (excludes halogenated alkanes) is 1. The highest BCUT2D eigenvalue weighted by molar-refractivity contribution is 7.99. The van der Waals surface area contributed by atoms with E-state index in [-0.39, 0.29) is 30.7 Å². The van der Waals surface area contributed by atoms with Crippen LogP contribution in [0, 0.1) is 0 Å². The Balaban J connectivity index is 1.55. The number of H-pyrrole nitrogens is 1. The van der Waals surface area contributed by atoms with Crippen LogP contribution in [0.5, 0.6) is 0 Å². The first-order chi connectivity index (χ1) is 23.8. The van der Waals surface area contributed by atoms with Crippen molar-refractivity contribution in [3.8, 4) is 0 Å². The van der Waals surface area contributed by atoms with Gasteiger partial charge in [0.2, 0.25) is 17.7 Å². The van der Waals surface area contributed by atoms with Crippen molar-refractivity contribution in [1.82, 2.24) is 30.8 Å². The molecule has 5 rings (SSSR count). The molecule has 0 saturated carbocycles. The molecule has 4 aromatic rings.